The highest BCUT2D eigenvalue weighted by Gasteiger charge is 2.41. The molecule has 1 amide bonds. The molecule has 0 bridgehead atoms. The molecule has 0 atom stereocenters. The van der Waals surface area contributed by atoms with Crippen LogP contribution in [0.1, 0.15) is 46.0 Å². The molecule has 0 aromatic carbocycles. The van der Waals surface area contributed by atoms with Crippen LogP contribution in [-0.2, 0) is 4.79 Å². The molecule has 3 N–H and O–H groups in total. The van der Waals surface area contributed by atoms with Crippen molar-refractivity contribution in [3.63, 3.8) is 0 Å². The minimum absolute atomic E-state index is 0.121. The first-order valence-electron chi connectivity index (χ1n) is 7.05. The molecule has 0 radical (unpaired) electrons. The van der Waals surface area contributed by atoms with E-state index in [1.807, 2.05) is 0 Å². The lowest BCUT2D eigenvalue weighted by Gasteiger charge is -2.29. The van der Waals surface area contributed by atoms with E-state index in [4.69, 9.17) is 5.73 Å². The highest BCUT2D eigenvalue weighted by molar-refractivity contribution is 5.94. The van der Waals surface area contributed by atoms with Crippen molar-refractivity contribution in [1.82, 2.24) is 4.98 Å². The van der Waals surface area contributed by atoms with Gasteiger partial charge in [-0.2, -0.15) is 0 Å². The predicted molar refractivity (Wildman–Crippen MR) is 77.6 cm³/mol. The zero-order valence-corrected chi connectivity index (χ0v) is 11.8. The smallest absolute Gasteiger partial charge is 0.231 e. The van der Waals surface area contributed by atoms with Crippen LogP contribution in [0.5, 0.6) is 0 Å². The summed E-state index contributed by atoms with van der Waals surface area (Å²) in [5.41, 5.74) is 6.01. The van der Waals surface area contributed by atoms with E-state index in [9.17, 15) is 4.79 Å². The van der Waals surface area contributed by atoms with Crippen molar-refractivity contribution in [2.24, 2.45) is 11.3 Å². The minimum atomic E-state index is -0.197. The topological polar surface area (TPSA) is 68.0 Å². The number of pyridine rings is 1. The van der Waals surface area contributed by atoms with Gasteiger partial charge in [-0.1, -0.05) is 26.7 Å². The van der Waals surface area contributed by atoms with Gasteiger partial charge in [0.25, 0.3) is 0 Å². The number of aromatic nitrogens is 1. The molecule has 0 unspecified atom stereocenters. The van der Waals surface area contributed by atoms with Crippen molar-refractivity contribution in [2.75, 3.05) is 11.1 Å². The van der Waals surface area contributed by atoms with Crippen LogP contribution in [0.4, 0.5) is 11.5 Å². The van der Waals surface area contributed by atoms with Crippen LogP contribution in [0, 0.1) is 11.3 Å². The Hall–Kier alpha value is -1.58. The molecule has 1 fully saturated rings. The molecular formula is C15H23N3O. The predicted octanol–water partition coefficient (Wildman–Crippen LogP) is 3.21. The zero-order valence-electron chi connectivity index (χ0n) is 11.8. The van der Waals surface area contributed by atoms with E-state index >= 15 is 0 Å². The van der Waals surface area contributed by atoms with Gasteiger partial charge in [0.2, 0.25) is 5.91 Å². The van der Waals surface area contributed by atoms with Crippen LogP contribution in [0.15, 0.2) is 18.3 Å². The second-order valence-electron chi connectivity index (χ2n) is 6.02. The van der Waals surface area contributed by atoms with E-state index in [0.29, 0.717) is 17.4 Å². The van der Waals surface area contributed by atoms with Gasteiger partial charge < -0.3 is 11.1 Å². The number of rotatable bonds is 4. The Morgan fingerprint density at radius 1 is 1.42 bits per heavy atom. The summed E-state index contributed by atoms with van der Waals surface area (Å²) in [6, 6.07) is 3.51. The third-order valence-electron chi connectivity index (χ3n) is 3.87. The van der Waals surface area contributed by atoms with E-state index in [2.05, 4.69) is 24.1 Å². The summed E-state index contributed by atoms with van der Waals surface area (Å²) in [4.78, 5) is 16.7. The Labute approximate surface area is 114 Å². The number of hydrogen-bond donors (Lipinski definition) is 2. The molecule has 4 heteroatoms. The van der Waals surface area contributed by atoms with Crippen molar-refractivity contribution in [1.29, 1.82) is 0 Å². The standard InChI is InChI=1S/C15H23N3O/c1-11(2)9-15(7-3-4-8-15)14(19)18-13-6-5-12(16)10-17-13/h5-6,10-11H,3-4,7-9,16H2,1-2H3,(H,17,18,19). The van der Waals surface area contributed by atoms with Gasteiger partial charge in [0, 0.05) is 5.41 Å². The Morgan fingerprint density at radius 2 is 2.11 bits per heavy atom. The fourth-order valence-corrected chi connectivity index (χ4v) is 3.09. The van der Waals surface area contributed by atoms with Crippen LogP contribution < -0.4 is 11.1 Å². The molecule has 1 aromatic heterocycles. The SMILES string of the molecule is CC(C)CC1(C(=O)Nc2ccc(N)cn2)CCCC1. The second kappa shape index (κ2) is 5.59. The molecule has 0 saturated heterocycles. The Morgan fingerprint density at radius 3 is 2.63 bits per heavy atom. The first-order valence-corrected chi connectivity index (χ1v) is 7.05. The van der Waals surface area contributed by atoms with E-state index < -0.39 is 0 Å². The van der Waals surface area contributed by atoms with Gasteiger partial charge in [-0.15, -0.1) is 0 Å². The second-order valence-corrected chi connectivity index (χ2v) is 6.02. The number of nitrogens with zero attached hydrogens (tertiary/aromatic N) is 1. The van der Waals surface area contributed by atoms with E-state index in [1.54, 1.807) is 18.3 Å². The van der Waals surface area contributed by atoms with Gasteiger partial charge in [-0.25, -0.2) is 4.98 Å². The maximum absolute atomic E-state index is 12.6. The van der Waals surface area contributed by atoms with E-state index in [1.165, 1.54) is 0 Å². The average Bonchev–Trinajstić information content (AvgIpc) is 2.81. The number of nitrogen functional groups attached to an aromatic ring is 1. The van der Waals surface area contributed by atoms with E-state index in [0.717, 1.165) is 32.1 Å². The summed E-state index contributed by atoms with van der Waals surface area (Å²) in [5.74, 6) is 1.24. The van der Waals surface area contributed by atoms with Crippen LogP contribution in [0.25, 0.3) is 0 Å². The summed E-state index contributed by atoms with van der Waals surface area (Å²) >= 11 is 0. The summed E-state index contributed by atoms with van der Waals surface area (Å²) in [6.45, 7) is 4.35. The molecule has 2 rings (SSSR count). The molecular weight excluding hydrogens is 238 g/mol. The van der Waals surface area contributed by atoms with Gasteiger partial charge in [0.15, 0.2) is 0 Å². The van der Waals surface area contributed by atoms with E-state index in [-0.39, 0.29) is 11.3 Å². The molecule has 4 nitrogen and oxygen atoms in total. The van der Waals surface area contributed by atoms with Crippen molar-refractivity contribution in [2.45, 2.75) is 46.0 Å². The Bertz CT molecular complexity index is 433. The number of carbonyl (C=O) groups excluding carboxylic acids is 1. The molecule has 1 aromatic rings. The molecule has 1 aliphatic carbocycles. The minimum Gasteiger partial charge on any atom is -0.397 e. The van der Waals surface area contributed by atoms with Crippen LogP contribution >= 0.6 is 0 Å². The fraction of sp³-hybridized carbons (Fsp3) is 0.600. The number of carbonyl (C=O) groups is 1. The number of anilines is 2. The zero-order chi connectivity index (χ0) is 13.9. The first-order chi connectivity index (χ1) is 9.02. The van der Waals surface area contributed by atoms with Gasteiger partial charge >= 0.3 is 0 Å². The lowest BCUT2D eigenvalue weighted by molar-refractivity contribution is -0.126. The van der Waals surface area contributed by atoms with Crippen molar-refractivity contribution in [3.8, 4) is 0 Å². The van der Waals surface area contributed by atoms with Gasteiger partial charge in [0.05, 0.1) is 11.9 Å². The largest absolute Gasteiger partial charge is 0.397 e. The number of hydrogen-bond acceptors (Lipinski definition) is 3. The molecule has 1 heterocycles. The summed E-state index contributed by atoms with van der Waals surface area (Å²) in [7, 11) is 0. The van der Waals surface area contributed by atoms with Gasteiger partial charge in [-0.05, 0) is 37.3 Å². The molecule has 1 aliphatic rings. The highest BCUT2D eigenvalue weighted by Crippen LogP contribution is 2.43. The van der Waals surface area contributed by atoms with Crippen LogP contribution in [-0.4, -0.2) is 10.9 Å². The number of amides is 1. The Kier molecular flexibility index (Phi) is 4.08. The maximum Gasteiger partial charge on any atom is 0.231 e. The third-order valence-corrected chi connectivity index (χ3v) is 3.87. The lowest BCUT2D eigenvalue weighted by Crippen LogP contribution is -2.35. The summed E-state index contributed by atoms with van der Waals surface area (Å²) in [6.07, 6.45) is 6.80. The molecule has 0 spiro atoms. The van der Waals surface area contributed by atoms with Crippen molar-refractivity contribution < 1.29 is 4.79 Å². The summed E-state index contributed by atoms with van der Waals surface area (Å²) in [5, 5.41) is 2.95. The molecule has 104 valence electrons. The lowest BCUT2D eigenvalue weighted by atomic mass is 9.77. The summed E-state index contributed by atoms with van der Waals surface area (Å²) < 4.78 is 0. The van der Waals surface area contributed by atoms with Crippen molar-refractivity contribution in [3.05, 3.63) is 18.3 Å². The average molecular weight is 261 g/mol. The monoisotopic (exact) mass is 261 g/mol. The highest BCUT2D eigenvalue weighted by atomic mass is 16.2. The fourth-order valence-electron chi connectivity index (χ4n) is 3.09. The quantitative estimate of drug-likeness (QED) is 0.874. The molecule has 1 saturated carbocycles. The Balaban J connectivity index is 2.09. The normalized spacial score (nSPS) is 17.6. The molecule has 19 heavy (non-hydrogen) atoms. The number of nitrogens with one attached hydrogen (secondary N) is 1. The third kappa shape index (κ3) is 3.25. The molecule has 0 aliphatic heterocycles. The first kappa shape index (κ1) is 13.8. The van der Waals surface area contributed by atoms with Gasteiger partial charge in [0.1, 0.15) is 5.82 Å². The van der Waals surface area contributed by atoms with Crippen molar-refractivity contribution >= 4 is 17.4 Å². The van der Waals surface area contributed by atoms with Crippen LogP contribution in [0.2, 0.25) is 0 Å². The number of nitrogens with two attached hydrogens (primary N) is 1. The van der Waals surface area contributed by atoms with Gasteiger partial charge in [-0.3, -0.25) is 4.79 Å². The van der Waals surface area contributed by atoms with Crippen LogP contribution in [0.3, 0.4) is 0 Å². The maximum atomic E-state index is 12.6.